The Morgan fingerprint density at radius 3 is 2.46 bits per heavy atom. The van der Waals surface area contributed by atoms with Gasteiger partial charge in [0.15, 0.2) is 15.4 Å². The van der Waals surface area contributed by atoms with Gasteiger partial charge in [0.05, 0.1) is 6.21 Å². The quantitative estimate of drug-likeness (QED) is 0.310. The van der Waals surface area contributed by atoms with E-state index in [1.54, 1.807) is 6.21 Å². The van der Waals surface area contributed by atoms with Crippen LogP contribution in [0.2, 0.25) is 0 Å². The first-order valence-corrected chi connectivity index (χ1v) is 9.24. The number of rotatable bonds is 4. The SMILES string of the molecule is Cc1nc(N/N=C\c2ccccc2)c2sc(=S)n(-c3ccccc3)c2n1. The summed E-state index contributed by atoms with van der Waals surface area (Å²) in [6.45, 7) is 1.86. The maximum absolute atomic E-state index is 5.57. The minimum Gasteiger partial charge on any atom is -0.276 e. The van der Waals surface area contributed by atoms with Crippen LogP contribution in [0.3, 0.4) is 0 Å². The van der Waals surface area contributed by atoms with Crippen molar-refractivity contribution in [1.82, 2.24) is 14.5 Å². The molecule has 2 aromatic heterocycles. The number of para-hydroxylation sites is 1. The first kappa shape index (κ1) is 16.6. The van der Waals surface area contributed by atoms with Crippen molar-refractivity contribution in [3.63, 3.8) is 0 Å². The van der Waals surface area contributed by atoms with Gasteiger partial charge in [-0.05, 0) is 36.8 Å². The average molecular weight is 377 g/mol. The molecule has 0 bridgehead atoms. The number of hydrogen-bond acceptors (Lipinski definition) is 6. The summed E-state index contributed by atoms with van der Waals surface area (Å²) < 4.78 is 3.58. The molecule has 2 heterocycles. The zero-order chi connectivity index (χ0) is 17.9. The number of nitrogens with one attached hydrogen (secondary N) is 1. The van der Waals surface area contributed by atoms with Crippen molar-refractivity contribution in [2.24, 2.45) is 5.10 Å². The number of aryl methyl sites for hydroxylation is 1. The van der Waals surface area contributed by atoms with Gasteiger partial charge in [0, 0.05) is 5.69 Å². The van der Waals surface area contributed by atoms with Crippen molar-refractivity contribution in [3.05, 3.63) is 76.0 Å². The number of thiazole rings is 1. The molecule has 0 aliphatic heterocycles. The van der Waals surface area contributed by atoms with Crippen LogP contribution in [0.1, 0.15) is 11.4 Å². The first-order chi connectivity index (χ1) is 12.7. The molecule has 1 N–H and O–H groups in total. The van der Waals surface area contributed by atoms with Crippen molar-refractivity contribution >= 4 is 45.9 Å². The lowest BCUT2D eigenvalue weighted by Crippen LogP contribution is -2.01. The van der Waals surface area contributed by atoms with E-state index in [1.807, 2.05) is 72.2 Å². The maximum Gasteiger partial charge on any atom is 0.169 e. The fourth-order valence-electron chi connectivity index (χ4n) is 2.60. The number of anilines is 1. The molecule has 4 rings (SSSR count). The van der Waals surface area contributed by atoms with Crippen LogP contribution in [0, 0.1) is 10.9 Å². The zero-order valence-electron chi connectivity index (χ0n) is 14.0. The van der Waals surface area contributed by atoms with E-state index in [-0.39, 0.29) is 0 Å². The molecule has 128 valence electrons. The summed E-state index contributed by atoms with van der Waals surface area (Å²) in [6, 6.07) is 19.9. The second-order valence-electron chi connectivity index (χ2n) is 5.59. The van der Waals surface area contributed by atoms with Gasteiger partial charge in [0.25, 0.3) is 0 Å². The molecule has 0 unspecified atom stereocenters. The third-order valence-electron chi connectivity index (χ3n) is 3.74. The normalized spacial score (nSPS) is 11.3. The molecule has 0 fully saturated rings. The number of aromatic nitrogens is 3. The molecule has 0 spiro atoms. The molecule has 4 aromatic rings. The van der Waals surface area contributed by atoms with Gasteiger partial charge in [0.2, 0.25) is 0 Å². The highest BCUT2D eigenvalue weighted by molar-refractivity contribution is 7.73. The fraction of sp³-hybridized carbons (Fsp3) is 0.0526. The van der Waals surface area contributed by atoms with Gasteiger partial charge >= 0.3 is 0 Å². The third-order valence-corrected chi connectivity index (χ3v) is 5.11. The lowest BCUT2D eigenvalue weighted by atomic mass is 10.2. The Morgan fingerprint density at radius 2 is 1.73 bits per heavy atom. The van der Waals surface area contributed by atoms with E-state index in [0.29, 0.717) is 11.6 Å². The molecule has 0 radical (unpaired) electrons. The Hall–Kier alpha value is -2.90. The summed E-state index contributed by atoms with van der Waals surface area (Å²) >= 11 is 7.05. The highest BCUT2D eigenvalue weighted by Gasteiger charge is 2.14. The Bertz CT molecular complexity index is 1130. The van der Waals surface area contributed by atoms with Crippen molar-refractivity contribution in [1.29, 1.82) is 0 Å². The van der Waals surface area contributed by atoms with Gasteiger partial charge < -0.3 is 0 Å². The molecule has 2 aromatic carbocycles. The van der Waals surface area contributed by atoms with Crippen LogP contribution in [0.15, 0.2) is 65.8 Å². The summed E-state index contributed by atoms with van der Waals surface area (Å²) in [5.41, 5.74) is 5.82. The Labute approximate surface area is 159 Å². The maximum atomic E-state index is 5.57. The average Bonchev–Trinajstić information content (AvgIpc) is 2.99. The molecule has 7 heteroatoms. The molecule has 0 saturated carbocycles. The monoisotopic (exact) mass is 377 g/mol. The number of benzene rings is 2. The van der Waals surface area contributed by atoms with Gasteiger partial charge in [-0.25, -0.2) is 9.97 Å². The molecular formula is C19H15N5S2. The highest BCUT2D eigenvalue weighted by Crippen LogP contribution is 2.30. The number of hydrazone groups is 1. The Kier molecular flexibility index (Phi) is 4.55. The number of hydrogen-bond donors (Lipinski definition) is 1. The van der Waals surface area contributed by atoms with Crippen molar-refractivity contribution < 1.29 is 0 Å². The van der Waals surface area contributed by atoms with E-state index >= 15 is 0 Å². The smallest absolute Gasteiger partial charge is 0.169 e. The predicted octanol–water partition coefficient (Wildman–Crippen LogP) is 4.97. The van der Waals surface area contributed by atoms with Crippen LogP contribution >= 0.6 is 23.6 Å². The summed E-state index contributed by atoms with van der Waals surface area (Å²) in [6.07, 6.45) is 1.76. The van der Waals surface area contributed by atoms with E-state index in [2.05, 4.69) is 20.5 Å². The lowest BCUT2D eigenvalue weighted by molar-refractivity contribution is 1.02. The lowest BCUT2D eigenvalue weighted by Gasteiger charge is -2.06. The molecule has 0 saturated heterocycles. The minimum atomic E-state index is 0.658. The molecule has 0 aliphatic rings. The summed E-state index contributed by atoms with van der Waals surface area (Å²) in [4.78, 5) is 9.10. The Balaban J connectivity index is 1.77. The fourth-order valence-corrected chi connectivity index (χ4v) is 3.92. The highest BCUT2D eigenvalue weighted by atomic mass is 32.1. The number of nitrogens with zero attached hydrogens (tertiary/aromatic N) is 4. The van der Waals surface area contributed by atoms with Gasteiger partial charge in [-0.3, -0.25) is 9.99 Å². The van der Waals surface area contributed by atoms with E-state index in [4.69, 9.17) is 12.2 Å². The minimum absolute atomic E-state index is 0.658. The van der Waals surface area contributed by atoms with Crippen LogP contribution in [0.4, 0.5) is 5.82 Å². The predicted molar refractivity (Wildman–Crippen MR) is 110 cm³/mol. The van der Waals surface area contributed by atoms with Gasteiger partial charge in [0.1, 0.15) is 10.5 Å². The molecule has 5 nitrogen and oxygen atoms in total. The van der Waals surface area contributed by atoms with E-state index in [0.717, 1.165) is 25.6 Å². The largest absolute Gasteiger partial charge is 0.276 e. The third kappa shape index (κ3) is 3.26. The second kappa shape index (κ2) is 7.15. The molecule has 0 atom stereocenters. The molecule has 0 aliphatic carbocycles. The van der Waals surface area contributed by atoms with Crippen LogP contribution in [0.25, 0.3) is 16.0 Å². The van der Waals surface area contributed by atoms with Crippen molar-refractivity contribution in [3.8, 4) is 5.69 Å². The van der Waals surface area contributed by atoms with Crippen LogP contribution < -0.4 is 5.43 Å². The number of fused-ring (bicyclic) bond motifs is 1. The molecular weight excluding hydrogens is 362 g/mol. The zero-order valence-corrected chi connectivity index (χ0v) is 15.6. The summed E-state index contributed by atoms with van der Waals surface area (Å²) in [5, 5.41) is 4.31. The van der Waals surface area contributed by atoms with Gasteiger partial charge in [-0.15, -0.1) is 0 Å². The standard InChI is InChI=1S/C19H15N5S2/c1-13-21-17(23-20-12-14-8-4-2-5-9-14)16-18(22-13)24(19(25)26-16)15-10-6-3-7-11-15/h2-12H,1H3,(H,21,22,23)/b20-12-. The van der Waals surface area contributed by atoms with E-state index in [1.165, 1.54) is 11.3 Å². The van der Waals surface area contributed by atoms with Crippen LogP contribution in [-0.2, 0) is 0 Å². The van der Waals surface area contributed by atoms with Crippen LogP contribution in [0.5, 0.6) is 0 Å². The van der Waals surface area contributed by atoms with E-state index in [9.17, 15) is 0 Å². The molecule has 0 amide bonds. The van der Waals surface area contributed by atoms with Gasteiger partial charge in [-0.1, -0.05) is 59.9 Å². The van der Waals surface area contributed by atoms with Crippen LogP contribution in [-0.4, -0.2) is 20.7 Å². The van der Waals surface area contributed by atoms with Crippen molar-refractivity contribution in [2.75, 3.05) is 5.43 Å². The molecule has 26 heavy (non-hydrogen) atoms. The summed E-state index contributed by atoms with van der Waals surface area (Å²) in [5.74, 6) is 1.32. The Morgan fingerprint density at radius 1 is 1.04 bits per heavy atom. The van der Waals surface area contributed by atoms with E-state index < -0.39 is 0 Å². The summed E-state index contributed by atoms with van der Waals surface area (Å²) in [7, 11) is 0. The van der Waals surface area contributed by atoms with Crippen molar-refractivity contribution in [2.45, 2.75) is 6.92 Å². The topological polar surface area (TPSA) is 55.1 Å². The first-order valence-electron chi connectivity index (χ1n) is 8.02. The van der Waals surface area contributed by atoms with Gasteiger partial charge in [-0.2, -0.15) is 5.10 Å². The second-order valence-corrected chi connectivity index (χ2v) is 7.24.